The van der Waals surface area contributed by atoms with Crippen molar-refractivity contribution in [1.82, 2.24) is 5.43 Å². The molecule has 8 nitrogen and oxygen atoms in total. The molecule has 0 fully saturated rings. The van der Waals surface area contributed by atoms with Gasteiger partial charge >= 0.3 is 11.9 Å². The minimum Gasteiger partial charge on any atom is -0.482 e. The Kier molecular flexibility index (Phi) is 10.2. The van der Waals surface area contributed by atoms with Crippen LogP contribution in [0.4, 0.5) is 0 Å². The average molecular weight is 632 g/mol. The Morgan fingerprint density at radius 1 is 0.732 bits per heavy atom. The molecule has 1 amide bonds. The molecule has 12 heteroatoms. The summed E-state index contributed by atoms with van der Waals surface area (Å²) in [6, 6.07) is 21.3. The molecular formula is C29H18Cl4N2O6. The minimum atomic E-state index is -0.701. The molecule has 0 atom stereocenters. The predicted molar refractivity (Wildman–Crippen MR) is 157 cm³/mol. The third-order valence-corrected chi connectivity index (χ3v) is 6.53. The van der Waals surface area contributed by atoms with Crippen LogP contribution in [0, 0.1) is 0 Å². The van der Waals surface area contributed by atoms with Crippen molar-refractivity contribution in [2.24, 2.45) is 5.10 Å². The normalized spacial score (nSPS) is 10.7. The summed E-state index contributed by atoms with van der Waals surface area (Å²) in [5, 5.41) is 5.27. The first-order valence-electron chi connectivity index (χ1n) is 11.7. The lowest BCUT2D eigenvalue weighted by Crippen LogP contribution is -2.24. The standard InChI is InChI=1S/C29H18Cl4N2O6/c30-20-9-4-17(5-10-20)28(37)40-22-13-8-19(25(14-22)41-29(38)18-6-11-21(31)12-7-18)15-34-35-26(36)16-39-24-3-1-2-23(32)27(24)33/h1-15H,16H2,(H,35,36)/b34-15+. The van der Waals surface area contributed by atoms with E-state index in [4.69, 9.17) is 60.6 Å². The summed E-state index contributed by atoms with van der Waals surface area (Å²) in [7, 11) is 0. The number of carbonyl (C=O) groups excluding carboxylic acids is 3. The first kappa shape index (κ1) is 29.9. The van der Waals surface area contributed by atoms with Gasteiger partial charge in [-0.15, -0.1) is 0 Å². The molecule has 1 N–H and O–H groups in total. The monoisotopic (exact) mass is 630 g/mol. The van der Waals surface area contributed by atoms with Gasteiger partial charge in [-0.05, 0) is 72.8 Å². The highest BCUT2D eigenvalue weighted by Crippen LogP contribution is 2.31. The first-order valence-corrected chi connectivity index (χ1v) is 13.2. The maximum atomic E-state index is 12.8. The Labute approximate surface area is 254 Å². The van der Waals surface area contributed by atoms with Crippen molar-refractivity contribution in [2.45, 2.75) is 0 Å². The number of hydrogen-bond acceptors (Lipinski definition) is 7. The van der Waals surface area contributed by atoms with E-state index in [-0.39, 0.29) is 44.0 Å². The second-order valence-corrected chi connectivity index (χ2v) is 9.78. The number of hydrogen-bond donors (Lipinski definition) is 1. The van der Waals surface area contributed by atoms with Gasteiger partial charge in [0.1, 0.15) is 22.3 Å². The van der Waals surface area contributed by atoms with Crippen molar-refractivity contribution >= 4 is 70.5 Å². The highest BCUT2D eigenvalue weighted by Gasteiger charge is 2.15. The maximum Gasteiger partial charge on any atom is 0.343 e. The van der Waals surface area contributed by atoms with Crippen LogP contribution in [-0.2, 0) is 4.79 Å². The number of halogens is 4. The summed E-state index contributed by atoms with van der Waals surface area (Å²) in [5.74, 6) is -1.61. The fourth-order valence-electron chi connectivity index (χ4n) is 3.21. The van der Waals surface area contributed by atoms with Gasteiger partial charge in [0, 0.05) is 21.7 Å². The zero-order chi connectivity index (χ0) is 29.4. The van der Waals surface area contributed by atoms with Gasteiger partial charge in [-0.3, -0.25) is 4.79 Å². The number of rotatable bonds is 9. The van der Waals surface area contributed by atoms with Gasteiger partial charge in [0.2, 0.25) is 0 Å². The van der Waals surface area contributed by atoms with E-state index in [1.54, 1.807) is 42.5 Å². The van der Waals surface area contributed by atoms with Crippen LogP contribution in [0.25, 0.3) is 0 Å². The van der Waals surface area contributed by atoms with Crippen LogP contribution in [-0.4, -0.2) is 30.7 Å². The summed E-state index contributed by atoms with van der Waals surface area (Å²) in [4.78, 5) is 37.6. The van der Waals surface area contributed by atoms with Crippen LogP contribution in [0.5, 0.6) is 17.2 Å². The molecule has 0 radical (unpaired) electrons. The van der Waals surface area contributed by atoms with Crippen LogP contribution >= 0.6 is 46.4 Å². The number of benzene rings is 4. The largest absolute Gasteiger partial charge is 0.482 e. The molecule has 0 spiro atoms. The zero-order valence-electron chi connectivity index (χ0n) is 20.8. The second-order valence-electron chi connectivity index (χ2n) is 8.13. The number of nitrogens with zero attached hydrogens (tertiary/aromatic N) is 1. The number of nitrogens with one attached hydrogen (secondary N) is 1. The first-order chi connectivity index (χ1) is 19.7. The number of amides is 1. The highest BCUT2D eigenvalue weighted by atomic mass is 35.5. The third-order valence-electron chi connectivity index (χ3n) is 5.23. The molecule has 0 aliphatic carbocycles. The van der Waals surface area contributed by atoms with Crippen LogP contribution in [0.3, 0.4) is 0 Å². The Morgan fingerprint density at radius 2 is 1.34 bits per heavy atom. The van der Waals surface area contributed by atoms with E-state index in [9.17, 15) is 14.4 Å². The second kappa shape index (κ2) is 14.0. The Bertz CT molecular complexity index is 1610. The Morgan fingerprint density at radius 3 is 1.98 bits per heavy atom. The van der Waals surface area contributed by atoms with Gasteiger partial charge in [-0.1, -0.05) is 52.5 Å². The van der Waals surface area contributed by atoms with Crippen molar-refractivity contribution in [1.29, 1.82) is 0 Å². The third kappa shape index (κ3) is 8.45. The van der Waals surface area contributed by atoms with E-state index in [1.807, 2.05) is 0 Å². The number of esters is 2. The average Bonchev–Trinajstić information content (AvgIpc) is 2.95. The minimum absolute atomic E-state index is 0.00585. The molecule has 0 saturated heterocycles. The van der Waals surface area contributed by atoms with Crippen LogP contribution < -0.4 is 19.6 Å². The molecule has 0 aliphatic rings. The summed E-state index contributed by atoms with van der Waals surface area (Å²) in [5.41, 5.74) is 3.09. The van der Waals surface area contributed by atoms with Gasteiger partial charge < -0.3 is 14.2 Å². The Hall–Kier alpha value is -4.08. The van der Waals surface area contributed by atoms with Crippen molar-refractivity contribution in [3.63, 3.8) is 0 Å². The maximum absolute atomic E-state index is 12.8. The number of carbonyl (C=O) groups is 3. The molecule has 0 bridgehead atoms. The molecule has 0 aromatic heterocycles. The number of ether oxygens (including phenoxy) is 3. The molecule has 0 unspecified atom stereocenters. The van der Waals surface area contributed by atoms with Crippen LogP contribution in [0.2, 0.25) is 20.1 Å². The van der Waals surface area contributed by atoms with Crippen molar-refractivity contribution < 1.29 is 28.6 Å². The summed E-state index contributed by atoms with van der Waals surface area (Å²) in [6.07, 6.45) is 1.25. The smallest absolute Gasteiger partial charge is 0.343 e. The van der Waals surface area contributed by atoms with Gasteiger partial charge in [-0.2, -0.15) is 5.10 Å². The van der Waals surface area contributed by atoms with E-state index in [1.165, 1.54) is 48.7 Å². The fourth-order valence-corrected chi connectivity index (χ4v) is 3.81. The van der Waals surface area contributed by atoms with Crippen LogP contribution in [0.15, 0.2) is 90.0 Å². The quantitative estimate of drug-likeness (QED) is 0.0902. The van der Waals surface area contributed by atoms with Crippen molar-refractivity contribution in [3.8, 4) is 17.2 Å². The molecule has 208 valence electrons. The molecule has 4 aromatic rings. The molecule has 0 aliphatic heterocycles. The number of hydrazone groups is 1. The van der Waals surface area contributed by atoms with Gasteiger partial charge in [0.05, 0.1) is 22.4 Å². The fraction of sp³-hybridized carbons (Fsp3) is 0.0345. The van der Waals surface area contributed by atoms with Crippen LogP contribution in [0.1, 0.15) is 26.3 Å². The predicted octanol–water partition coefficient (Wildman–Crippen LogP) is 7.27. The van der Waals surface area contributed by atoms with E-state index < -0.39 is 24.5 Å². The van der Waals surface area contributed by atoms with E-state index >= 15 is 0 Å². The zero-order valence-corrected chi connectivity index (χ0v) is 23.8. The molecule has 4 aromatic carbocycles. The van der Waals surface area contributed by atoms with Gasteiger partial charge in [0.15, 0.2) is 6.61 Å². The lowest BCUT2D eigenvalue weighted by molar-refractivity contribution is -0.123. The molecule has 4 rings (SSSR count). The molecular weight excluding hydrogens is 614 g/mol. The topological polar surface area (TPSA) is 103 Å². The summed E-state index contributed by atoms with van der Waals surface area (Å²) >= 11 is 23.8. The molecule has 41 heavy (non-hydrogen) atoms. The summed E-state index contributed by atoms with van der Waals surface area (Å²) in [6.45, 7) is -0.393. The Balaban J connectivity index is 1.49. The lowest BCUT2D eigenvalue weighted by atomic mass is 10.2. The highest BCUT2D eigenvalue weighted by molar-refractivity contribution is 6.42. The molecule has 0 saturated carbocycles. The van der Waals surface area contributed by atoms with Crippen molar-refractivity contribution in [2.75, 3.05) is 6.61 Å². The van der Waals surface area contributed by atoms with E-state index in [2.05, 4.69) is 10.5 Å². The van der Waals surface area contributed by atoms with Gasteiger partial charge in [0.25, 0.3) is 5.91 Å². The van der Waals surface area contributed by atoms with Crippen molar-refractivity contribution in [3.05, 3.63) is 122 Å². The lowest BCUT2D eigenvalue weighted by Gasteiger charge is -2.11. The van der Waals surface area contributed by atoms with Gasteiger partial charge in [-0.25, -0.2) is 15.0 Å². The van der Waals surface area contributed by atoms with E-state index in [0.717, 1.165) is 0 Å². The SMILES string of the molecule is O=C(COc1cccc(Cl)c1Cl)N/N=C/c1ccc(OC(=O)c2ccc(Cl)cc2)cc1OC(=O)c1ccc(Cl)cc1. The van der Waals surface area contributed by atoms with E-state index in [0.29, 0.717) is 10.0 Å². The summed E-state index contributed by atoms with van der Waals surface area (Å²) < 4.78 is 16.4. The molecule has 0 heterocycles.